The van der Waals surface area contributed by atoms with Gasteiger partial charge in [0.2, 0.25) is 0 Å². The molecule has 0 aliphatic rings. The van der Waals surface area contributed by atoms with Crippen LogP contribution in [-0.2, 0) is 6.54 Å². The maximum absolute atomic E-state index is 13.1. The smallest absolute Gasteiger partial charge is 0.125 e. The van der Waals surface area contributed by atoms with Crippen molar-refractivity contribution in [3.8, 4) is 0 Å². The molecule has 0 spiro atoms. The summed E-state index contributed by atoms with van der Waals surface area (Å²) in [6.07, 6.45) is 1.11. The van der Waals surface area contributed by atoms with Gasteiger partial charge in [0.05, 0.1) is 0 Å². The first-order valence-electron chi connectivity index (χ1n) is 5.43. The first-order valence-corrected chi connectivity index (χ1v) is 5.43. The molecule has 1 rings (SSSR count). The zero-order valence-electron chi connectivity index (χ0n) is 9.46. The van der Waals surface area contributed by atoms with E-state index in [1.165, 1.54) is 6.07 Å². The van der Waals surface area contributed by atoms with Gasteiger partial charge < -0.3 is 5.73 Å². The van der Waals surface area contributed by atoms with E-state index in [0.717, 1.165) is 31.6 Å². The molecule has 15 heavy (non-hydrogen) atoms. The van der Waals surface area contributed by atoms with Gasteiger partial charge in [0.1, 0.15) is 5.82 Å². The molecule has 0 fully saturated rings. The van der Waals surface area contributed by atoms with Crippen molar-refractivity contribution in [3.05, 3.63) is 29.6 Å². The molecule has 0 unspecified atom stereocenters. The van der Waals surface area contributed by atoms with Crippen molar-refractivity contribution in [2.75, 3.05) is 18.8 Å². The molecular weight excluding hydrogens is 191 g/mol. The van der Waals surface area contributed by atoms with Crippen LogP contribution in [0.2, 0.25) is 0 Å². The first-order chi connectivity index (χ1) is 7.15. The van der Waals surface area contributed by atoms with E-state index in [1.807, 2.05) is 6.07 Å². The van der Waals surface area contributed by atoms with Crippen LogP contribution in [0, 0.1) is 5.82 Å². The van der Waals surface area contributed by atoms with Crippen LogP contribution in [0.15, 0.2) is 18.2 Å². The lowest BCUT2D eigenvalue weighted by molar-refractivity contribution is 0.280. The molecule has 0 heterocycles. The predicted octanol–water partition coefficient (Wildman–Crippen LogP) is 2.64. The summed E-state index contributed by atoms with van der Waals surface area (Å²) in [5.41, 5.74) is 7.04. The number of anilines is 1. The minimum Gasteiger partial charge on any atom is -0.399 e. The summed E-state index contributed by atoms with van der Waals surface area (Å²) < 4.78 is 13.1. The van der Waals surface area contributed by atoms with Crippen LogP contribution in [0.3, 0.4) is 0 Å². The highest BCUT2D eigenvalue weighted by Crippen LogP contribution is 2.13. The monoisotopic (exact) mass is 210 g/mol. The molecule has 0 aromatic heterocycles. The highest BCUT2D eigenvalue weighted by atomic mass is 19.1. The van der Waals surface area contributed by atoms with Crippen molar-refractivity contribution in [3.63, 3.8) is 0 Å². The van der Waals surface area contributed by atoms with Gasteiger partial charge in [-0.3, -0.25) is 4.90 Å². The van der Waals surface area contributed by atoms with Gasteiger partial charge in [-0.25, -0.2) is 4.39 Å². The van der Waals surface area contributed by atoms with Crippen molar-refractivity contribution in [1.29, 1.82) is 0 Å². The summed E-state index contributed by atoms with van der Waals surface area (Å²) >= 11 is 0. The molecule has 2 nitrogen and oxygen atoms in total. The average Bonchev–Trinajstić information content (AvgIpc) is 2.15. The zero-order valence-corrected chi connectivity index (χ0v) is 9.46. The van der Waals surface area contributed by atoms with E-state index in [4.69, 9.17) is 5.73 Å². The number of nitrogens with zero attached hydrogens (tertiary/aromatic N) is 1. The molecule has 2 N–H and O–H groups in total. The van der Waals surface area contributed by atoms with Crippen LogP contribution in [0.5, 0.6) is 0 Å². The normalized spacial score (nSPS) is 10.9. The van der Waals surface area contributed by atoms with E-state index in [-0.39, 0.29) is 5.82 Å². The van der Waals surface area contributed by atoms with Crippen LogP contribution in [0.25, 0.3) is 0 Å². The third-order valence-corrected chi connectivity index (χ3v) is 2.37. The second-order valence-corrected chi connectivity index (χ2v) is 3.76. The summed E-state index contributed by atoms with van der Waals surface area (Å²) in [5, 5.41) is 0. The molecule has 1 aromatic carbocycles. The Labute approximate surface area is 90.9 Å². The predicted molar refractivity (Wildman–Crippen MR) is 62.1 cm³/mol. The van der Waals surface area contributed by atoms with Crippen molar-refractivity contribution in [2.45, 2.75) is 26.8 Å². The summed E-state index contributed by atoms with van der Waals surface area (Å²) in [7, 11) is 0. The fourth-order valence-electron chi connectivity index (χ4n) is 1.69. The molecule has 0 radical (unpaired) electrons. The van der Waals surface area contributed by atoms with Gasteiger partial charge >= 0.3 is 0 Å². The second kappa shape index (κ2) is 5.71. The molecule has 0 saturated carbocycles. The van der Waals surface area contributed by atoms with Crippen LogP contribution < -0.4 is 5.73 Å². The van der Waals surface area contributed by atoms with E-state index >= 15 is 0 Å². The molecule has 0 aliphatic heterocycles. The van der Waals surface area contributed by atoms with E-state index in [1.54, 1.807) is 6.07 Å². The van der Waals surface area contributed by atoms with Gasteiger partial charge in [0.25, 0.3) is 0 Å². The number of benzene rings is 1. The number of hydrogen-bond donors (Lipinski definition) is 1. The molecule has 3 heteroatoms. The summed E-state index contributed by atoms with van der Waals surface area (Å²) in [6, 6.07) is 4.73. The minimum atomic E-state index is -0.252. The lowest BCUT2D eigenvalue weighted by Gasteiger charge is -2.19. The third kappa shape index (κ3) is 3.88. The topological polar surface area (TPSA) is 29.3 Å². The van der Waals surface area contributed by atoms with Crippen molar-refractivity contribution in [1.82, 2.24) is 4.90 Å². The SMILES string of the molecule is CCCN(CC)Cc1cc(N)cc(F)c1. The van der Waals surface area contributed by atoms with Crippen molar-refractivity contribution >= 4 is 5.69 Å². The number of nitrogens with two attached hydrogens (primary N) is 1. The van der Waals surface area contributed by atoms with E-state index < -0.39 is 0 Å². The Hall–Kier alpha value is -1.09. The van der Waals surface area contributed by atoms with Gasteiger partial charge in [-0.05, 0) is 43.3 Å². The number of hydrogen-bond acceptors (Lipinski definition) is 2. The lowest BCUT2D eigenvalue weighted by atomic mass is 10.2. The zero-order chi connectivity index (χ0) is 11.3. The fraction of sp³-hybridized carbons (Fsp3) is 0.500. The fourth-order valence-corrected chi connectivity index (χ4v) is 1.69. The number of rotatable bonds is 5. The van der Waals surface area contributed by atoms with E-state index in [2.05, 4.69) is 18.7 Å². The Balaban J connectivity index is 2.69. The van der Waals surface area contributed by atoms with Crippen LogP contribution in [-0.4, -0.2) is 18.0 Å². The van der Waals surface area contributed by atoms with Gasteiger partial charge in [-0.1, -0.05) is 13.8 Å². The molecule has 1 aromatic rings. The van der Waals surface area contributed by atoms with Crippen molar-refractivity contribution < 1.29 is 4.39 Å². The van der Waals surface area contributed by atoms with Gasteiger partial charge in [-0.15, -0.1) is 0 Å². The maximum Gasteiger partial charge on any atom is 0.125 e. The number of nitrogen functional groups attached to an aromatic ring is 1. The molecule has 0 saturated heterocycles. The third-order valence-electron chi connectivity index (χ3n) is 2.37. The van der Waals surface area contributed by atoms with Crippen LogP contribution >= 0.6 is 0 Å². The second-order valence-electron chi connectivity index (χ2n) is 3.76. The van der Waals surface area contributed by atoms with E-state index in [0.29, 0.717) is 5.69 Å². The lowest BCUT2D eigenvalue weighted by Crippen LogP contribution is -2.23. The van der Waals surface area contributed by atoms with Crippen molar-refractivity contribution in [2.24, 2.45) is 0 Å². The standard InChI is InChI=1S/C12H19FN2/c1-3-5-15(4-2)9-10-6-11(13)8-12(14)7-10/h6-8H,3-5,9,14H2,1-2H3. The van der Waals surface area contributed by atoms with E-state index in [9.17, 15) is 4.39 Å². The summed E-state index contributed by atoms with van der Waals surface area (Å²) in [4.78, 5) is 2.27. The Morgan fingerprint density at radius 3 is 2.53 bits per heavy atom. The highest BCUT2D eigenvalue weighted by Gasteiger charge is 2.04. The average molecular weight is 210 g/mol. The highest BCUT2D eigenvalue weighted by molar-refractivity contribution is 5.41. The summed E-state index contributed by atoms with van der Waals surface area (Å²) in [6.45, 7) is 7.03. The minimum absolute atomic E-state index is 0.252. The maximum atomic E-state index is 13.1. The molecule has 84 valence electrons. The molecule has 0 atom stereocenters. The van der Waals surface area contributed by atoms with Crippen LogP contribution in [0.1, 0.15) is 25.8 Å². The molecule has 0 amide bonds. The molecule has 0 aliphatic carbocycles. The summed E-state index contributed by atoms with van der Waals surface area (Å²) in [5.74, 6) is -0.252. The molecule has 0 bridgehead atoms. The van der Waals surface area contributed by atoms with Gasteiger partial charge in [0, 0.05) is 12.2 Å². The Kier molecular flexibility index (Phi) is 4.56. The Bertz CT molecular complexity index is 292. The van der Waals surface area contributed by atoms with Gasteiger partial charge in [0.15, 0.2) is 0 Å². The molecular formula is C12H19FN2. The first kappa shape index (κ1) is 12.0. The quantitative estimate of drug-likeness (QED) is 0.757. The largest absolute Gasteiger partial charge is 0.399 e. The number of halogens is 1. The Morgan fingerprint density at radius 1 is 1.27 bits per heavy atom. The Morgan fingerprint density at radius 2 is 2.00 bits per heavy atom. The van der Waals surface area contributed by atoms with Crippen LogP contribution in [0.4, 0.5) is 10.1 Å². The van der Waals surface area contributed by atoms with Gasteiger partial charge in [-0.2, -0.15) is 0 Å².